The fraction of sp³-hybridized carbons (Fsp3) is 0.227. The predicted octanol–water partition coefficient (Wildman–Crippen LogP) is 6.91. The molecule has 2 aliphatic heterocycles. The summed E-state index contributed by atoms with van der Waals surface area (Å²) < 4.78 is 14.3. The van der Waals surface area contributed by atoms with E-state index in [4.69, 9.17) is 14.6 Å². The van der Waals surface area contributed by atoms with Crippen LogP contribution in [0, 0.1) is 0 Å². The number of nitrogens with zero attached hydrogens (tertiary/aromatic N) is 2. The molecular weight excluding hydrogens is 516 g/mol. The van der Waals surface area contributed by atoms with Crippen molar-refractivity contribution < 1.29 is 9.47 Å². The molecule has 0 saturated carbocycles. The number of para-hydroxylation sites is 1. The summed E-state index contributed by atoms with van der Waals surface area (Å²) >= 11 is 8.99. The van der Waals surface area contributed by atoms with Crippen LogP contribution in [-0.2, 0) is 0 Å². The van der Waals surface area contributed by atoms with Crippen LogP contribution in [0.15, 0.2) is 68.0 Å². The van der Waals surface area contributed by atoms with Crippen LogP contribution in [-0.4, -0.2) is 17.3 Å². The molecule has 3 heterocycles. The number of hydrogen-bond donors (Lipinski definition) is 0. The maximum absolute atomic E-state index is 6.50. The fourth-order valence-electron chi connectivity index (χ4n) is 3.89. The van der Waals surface area contributed by atoms with Crippen molar-refractivity contribution >= 4 is 48.9 Å². The molecule has 2 aliphatic rings. The van der Waals surface area contributed by atoms with Crippen molar-refractivity contribution in [3.63, 3.8) is 0 Å². The van der Waals surface area contributed by atoms with Gasteiger partial charge in [-0.05, 0) is 52.5 Å². The van der Waals surface area contributed by atoms with Gasteiger partial charge in [-0.25, -0.2) is 5.01 Å². The minimum absolute atomic E-state index is 0.134. The summed E-state index contributed by atoms with van der Waals surface area (Å²) in [5.74, 6) is 1.69. The highest BCUT2D eigenvalue weighted by molar-refractivity contribution is 9.11. The van der Waals surface area contributed by atoms with Crippen LogP contribution in [0.4, 0.5) is 0 Å². The third-order valence-electron chi connectivity index (χ3n) is 5.10. The Hall–Kier alpha value is -1.83. The number of fused-ring (bicyclic) bond motifs is 3. The van der Waals surface area contributed by atoms with Gasteiger partial charge in [0.15, 0.2) is 0 Å². The van der Waals surface area contributed by atoms with E-state index in [-0.39, 0.29) is 12.3 Å². The van der Waals surface area contributed by atoms with Gasteiger partial charge in [0.1, 0.15) is 11.5 Å². The molecule has 0 N–H and O–H groups in total. The van der Waals surface area contributed by atoms with Gasteiger partial charge in [-0.1, -0.05) is 40.2 Å². The molecule has 0 spiro atoms. The number of rotatable bonds is 4. The lowest BCUT2D eigenvalue weighted by molar-refractivity contribution is -0.0206. The number of thiophene rings is 1. The van der Waals surface area contributed by atoms with E-state index in [1.54, 1.807) is 11.3 Å². The summed E-state index contributed by atoms with van der Waals surface area (Å²) in [5.41, 5.74) is 3.22. The molecule has 0 unspecified atom stereocenters. The number of halogens is 2. The zero-order valence-electron chi connectivity index (χ0n) is 15.6. The molecule has 0 fully saturated rings. The molecule has 0 bridgehead atoms. The van der Waals surface area contributed by atoms with Gasteiger partial charge in [0, 0.05) is 16.5 Å². The van der Waals surface area contributed by atoms with E-state index >= 15 is 0 Å². The number of benzene rings is 2. The monoisotopic (exact) mass is 532 g/mol. The summed E-state index contributed by atoms with van der Waals surface area (Å²) in [6.45, 7) is 2.56. The lowest BCUT2D eigenvalue weighted by Crippen LogP contribution is -2.34. The Kier molecular flexibility index (Phi) is 5.14. The van der Waals surface area contributed by atoms with Gasteiger partial charge in [-0.2, -0.15) is 5.10 Å². The van der Waals surface area contributed by atoms with Crippen LogP contribution >= 0.6 is 43.2 Å². The molecule has 7 heteroatoms. The molecule has 148 valence electrons. The highest BCUT2D eigenvalue weighted by Gasteiger charge is 2.42. The fourth-order valence-corrected chi connectivity index (χ4v) is 5.99. The van der Waals surface area contributed by atoms with Crippen LogP contribution in [0.3, 0.4) is 0 Å². The number of ether oxygens (including phenoxy) is 2. The molecular formula is C22H18Br2N2O2S. The zero-order valence-corrected chi connectivity index (χ0v) is 19.6. The van der Waals surface area contributed by atoms with Crippen molar-refractivity contribution in [1.29, 1.82) is 0 Å². The van der Waals surface area contributed by atoms with E-state index in [1.807, 2.05) is 25.1 Å². The second-order valence-electron chi connectivity index (χ2n) is 6.87. The Bertz CT molecular complexity index is 1080. The lowest BCUT2D eigenvalue weighted by atomic mass is 9.97. The van der Waals surface area contributed by atoms with E-state index in [2.05, 4.69) is 72.6 Å². The smallest absolute Gasteiger partial charge is 0.217 e. The topological polar surface area (TPSA) is 34.1 Å². The van der Waals surface area contributed by atoms with Crippen LogP contribution in [0.1, 0.15) is 41.6 Å². The lowest BCUT2D eigenvalue weighted by Gasteiger charge is -2.38. The van der Waals surface area contributed by atoms with Gasteiger partial charge in [-0.3, -0.25) is 0 Å². The molecule has 4 nitrogen and oxygen atoms in total. The summed E-state index contributed by atoms with van der Waals surface area (Å²) in [7, 11) is 0. The van der Waals surface area contributed by atoms with Gasteiger partial charge in [0.2, 0.25) is 6.23 Å². The molecule has 2 atom stereocenters. The van der Waals surface area contributed by atoms with Crippen molar-refractivity contribution in [1.82, 2.24) is 5.01 Å². The standard InChI is InChI=1S/C22H18Br2N2O2S/c1-2-27-21-15(10-13(23)11-16(21)24)22-26-18(14-6-3-4-7-19(14)28-22)12-17(25-26)20-8-5-9-29-20/h3-11,18,22H,2,12H2,1H3/t18-,22-/m0/s1. The first kappa shape index (κ1) is 19.2. The first-order chi connectivity index (χ1) is 14.2. The van der Waals surface area contributed by atoms with Crippen molar-refractivity contribution in [3.8, 4) is 11.5 Å². The Morgan fingerprint density at radius 1 is 1.17 bits per heavy atom. The molecule has 5 rings (SSSR count). The third-order valence-corrected chi connectivity index (χ3v) is 7.06. The molecule has 29 heavy (non-hydrogen) atoms. The maximum Gasteiger partial charge on any atom is 0.217 e. The molecule has 0 aliphatic carbocycles. The largest absolute Gasteiger partial charge is 0.492 e. The predicted molar refractivity (Wildman–Crippen MR) is 123 cm³/mol. The van der Waals surface area contributed by atoms with Crippen molar-refractivity contribution in [2.24, 2.45) is 5.10 Å². The third kappa shape index (κ3) is 3.39. The van der Waals surface area contributed by atoms with Crippen LogP contribution in [0.2, 0.25) is 0 Å². The van der Waals surface area contributed by atoms with Crippen LogP contribution in [0.25, 0.3) is 0 Å². The normalized spacial score (nSPS) is 20.0. The molecule has 1 aromatic heterocycles. The van der Waals surface area contributed by atoms with Crippen LogP contribution in [0.5, 0.6) is 11.5 Å². The van der Waals surface area contributed by atoms with E-state index in [0.717, 1.165) is 38.1 Å². The summed E-state index contributed by atoms with van der Waals surface area (Å²) in [4.78, 5) is 1.20. The zero-order chi connectivity index (χ0) is 20.0. The average molecular weight is 534 g/mol. The first-order valence-corrected chi connectivity index (χ1v) is 11.9. The molecule has 0 saturated heterocycles. The second kappa shape index (κ2) is 7.78. The number of hydrogen-bond acceptors (Lipinski definition) is 5. The maximum atomic E-state index is 6.50. The Labute approximate surface area is 190 Å². The van der Waals surface area contributed by atoms with Gasteiger partial charge >= 0.3 is 0 Å². The summed E-state index contributed by atoms with van der Waals surface area (Å²) in [6.07, 6.45) is 0.485. The van der Waals surface area contributed by atoms with E-state index < -0.39 is 0 Å². The van der Waals surface area contributed by atoms with E-state index in [0.29, 0.717) is 6.61 Å². The Balaban J connectivity index is 1.65. The highest BCUT2D eigenvalue weighted by atomic mass is 79.9. The van der Waals surface area contributed by atoms with E-state index in [1.165, 1.54) is 10.4 Å². The second-order valence-corrected chi connectivity index (χ2v) is 9.59. The minimum Gasteiger partial charge on any atom is -0.492 e. The minimum atomic E-state index is -0.372. The quantitative estimate of drug-likeness (QED) is 0.365. The number of hydrazone groups is 1. The van der Waals surface area contributed by atoms with Crippen LogP contribution < -0.4 is 9.47 Å². The Morgan fingerprint density at radius 3 is 2.83 bits per heavy atom. The van der Waals surface area contributed by atoms with Crippen molar-refractivity contribution in [2.45, 2.75) is 25.6 Å². The molecule has 0 radical (unpaired) electrons. The van der Waals surface area contributed by atoms with Crippen molar-refractivity contribution in [2.75, 3.05) is 6.61 Å². The molecule has 2 aromatic carbocycles. The van der Waals surface area contributed by atoms with Crippen molar-refractivity contribution in [3.05, 3.63) is 78.9 Å². The van der Waals surface area contributed by atoms with Gasteiger partial charge in [0.25, 0.3) is 0 Å². The SMILES string of the molecule is CCOc1c(Br)cc(Br)cc1[C@@H]1Oc2ccccc2[C@@H]2CC(c3cccs3)=NN21. The summed E-state index contributed by atoms with van der Waals surface area (Å²) in [5, 5.41) is 9.20. The highest BCUT2D eigenvalue weighted by Crippen LogP contribution is 2.50. The molecule has 3 aromatic rings. The van der Waals surface area contributed by atoms with E-state index in [9.17, 15) is 0 Å². The van der Waals surface area contributed by atoms with Gasteiger partial charge in [-0.15, -0.1) is 11.3 Å². The Morgan fingerprint density at radius 2 is 2.03 bits per heavy atom. The van der Waals surface area contributed by atoms with Gasteiger partial charge < -0.3 is 9.47 Å². The first-order valence-electron chi connectivity index (χ1n) is 9.42. The molecule has 0 amide bonds. The average Bonchev–Trinajstić information content (AvgIpc) is 3.39. The van der Waals surface area contributed by atoms with Gasteiger partial charge in [0.05, 0.1) is 33.3 Å². The summed E-state index contributed by atoms with van der Waals surface area (Å²) in [6, 6.07) is 16.6.